The Kier molecular flexibility index (Phi) is 1.54. The third-order valence-corrected chi connectivity index (χ3v) is 2.09. The van der Waals surface area contributed by atoms with E-state index >= 15 is 0 Å². The molecule has 0 amide bonds. The van der Waals surface area contributed by atoms with Crippen molar-refractivity contribution in [1.82, 2.24) is 4.98 Å². The van der Waals surface area contributed by atoms with Crippen molar-refractivity contribution in [1.29, 1.82) is 0 Å². The van der Waals surface area contributed by atoms with Crippen LogP contribution in [0.15, 0.2) is 18.2 Å². The number of methoxy groups -OCH3 is 1. The summed E-state index contributed by atoms with van der Waals surface area (Å²) in [5.74, 6) is 0.915. The van der Waals surface area contributed by atoms with Gasteiger partial charge in [-0.25, -0.2) is 0 Å². The quantitative estimate of drug-likeness (QED) is 0.680. The van der Waals surface area contributed by atoms with Gasteiger partial charge in [0.1, 0.15) is 5.75 Å². The maximum atomic E-state index is 5.19. The van der Waals surface area contributed by atoms with Gasteiger partial charge in [-0.3, -0.25) is 0 Å². The first-order valence-electron chi connectivity index (χ1n) is 3.85. The second-order valence-corrected chi connectivity index (χ2v) is 2.77. The standard InChI is InChI=1S/C10H10NO/c1-7-9(12-2)4-3-8-5-6-11-10(7)8/h3-5,11H,1-2H3. The van der Waals surface area contributed by atoms with E-state index in [4.69, 9.17) is 4.74 Å². The zero-order chi connectivity index (χ0) is 8.55. The van der Waals surface area contributed by atoms with Crippen LogP contribution in [-0.2, 0) is 0 Å². The molecule has 0 aliphatic heterocycles. The highest BCUT2D eigenvalue weighted by Crippen LogP contribution is 2.25. The predicted octanol–water partition coefficient (Wildman–Crippen LogP) is 2.29. The molecule has 0 bridgehead atoms. The summed E-state index contributed by atoms with van der Waals surface area (Å²) in [5, 5.41) is 1.17. The highest BCUT2D eigenvalue weighted by molar-refractivity contribution is 5.84. The van der Waals surface area contributed by atoms with E-state index in [1.807, 2.05) is 25.1 Å². The third kappa shape index (κ3) is 0.881. The molecule has 0 aliphatic rings. The van der Waals surface area contributed by atoms with Crippen LogP contribution < -0.4 is 4.74 Å². The fraction of sp³-hybridized carbons (Fsp3) is 0.200. The van der Waals surface area contributed by atoms with Gasteiger partial charge in [-0.05, 0) is 25.1 Å². The molecule has 0 spiro atoms. The average Bonchev–Trinajstić information content (AvgIpc) is 2.53. The molecule has 2 rings (SSSR count). The summed E-state index contributed by atoms with van der Waals surface area (Å²) in [7, 11) is 1.68. The molecule has 2 heteroatoms. The van der Waals surface area contributed by atoms with Crippen molar-refractivity contribution in [3.05, 3.63) is 30.0 Å². The molecular weight excluding hydrogens is 150 g/mol. The van der Waals surface area contributed by atoms with Crippen LogP contribution in [0.2, 0.25) is 0 Å². The number of benzene rings is 1. The first kappa shape index (κ1) is 7.22. The minimum atomic E-state index is 0.915. The molecule has 0 unspecified atom stereocenters. The second-order valence-electron chi connectivity index (χ2n) is 2.77. The van der Waals surface area contributed by atoms with Crippen LogP contribution in [0.5, 0.6) is 5.75 Å². The molecule has 1 N–H and O–H groups in total. The fourth-order valence-corrected chi connectivity index (χ4v) is 1.41. The fourth-order valence-electron chi connectivity index (χ4n) is 1.41. The van der Waals surface area contributed by atoms with Crippen molar-refractivity contribution in [2.45, 2.75) is 6.92 Å². The lowest BCUT2D eigenvalue weighted by atomic mass is 10.1. The number of nitrogens with one attached hydrogen (secondary N) is 1. The zero-order valence-electron chi connectivity index (χ0n) is 7.14. The van der Waals surface area contributed by atoms with E-state index < -0.39 is 0 Å². The lowest BCUT2D eigenvalue weighted by Crippen LogP contribution is -1.86. The van der Waals surface area contributed by atoms with Crippen LogP contribution in [0, 0.1) is 13.1 Å². The summed E-state index contributed by atoms with van der Waals surface area (Å²) in [4.78, 5) is 3.06. The van der Waals surface area contributed by atoms with Gasteiger partial charge in [0, 0.05) is 10.9 Å². The van der Waals surface area contributed by atoms with Crippen LogP contribution in [0.1, 0.15) is 5.56 Å². The molecule has 0 atom stereocenters. The van der Waals surface area contributed by atoms with Crippen molar-refractivity contribution in [2.75, 3.05) is 7.11 Å². The van der Waals surface area contributed by atoms with Crippen LogP contribution >= 0.6 is 0 Å². The number of rotatable bonds is 1. The van der Waals surface area contributed by atoms with Gasteiger partial charge in [0.15, 0.2) is 0 Å². The number of aryl methyl sites for hydroxylation is 1. The second kappa shape index (κ2) is 2.55. The van der Waals surface area contributed by atoms with Crippen LogP contribution in [-0.4, -0.2) is 12.1 Å². The number of hydrogen-bond donors (Lipinski definition) is 1. The molecule has 1 heterocycles. The van der Waals surface area contributed by atoms with E-state index in [-0.39, 0.29) is 0 Å². The monoisotopic (exact) mass is 160 g/mol. The van der Waals surface area contributed by atoms with E-state index in [1.165, 1.54) is 5.39 Å². The molecule has 0 aliphatic carbocycles. The number of ether oxygens (including phenoxy) is 1. The summed E-state index contributed by atoms with van der Waals surface area (Å²) in [5.41, 5.74) is 2.24. The van der Waals surface area contributed by atoms with Gasteiger partial charge in [-0.2, -0.15) is 0 Å². The normalized spacial score (nSPS) is 10.5. The van der Waals surface area contributed by atoms with Crippen molar-refractivity contribution < 1.29 is 4.74 Å². The van der Waals surface area contributed by atoms with Crippen LogP contribution in [0.4, 0.5) is 0 Å². The van der Waals surface area contributed by atoms with Gasteiger partial charge < -0.3 is 9.72 Å². The molecule has 1 aromatic heterocycles. The lowest BCUT2D eigenvalue weighted by molar-refractivity contribution is 0.412. The number of fused-ring (bicyclic) bond motifs is 1. The Balaban J connectivity index is 2.78. The minimum absolute atomic E-state index is 0.915. The zero-order valence-corrected chi connectivity index (χ0v) is 7.14. The number of aromatic amines is 1. The first-order chi connectivity index (χ1) is 5.83. The van der Waals surface area contributed by atoms with Crippen molar-refractivity contribution in [3.8, 4) is 5.75 Å². The highest BCUT2D eigenvalue weighted by atomic mass is 16.5. The molecule has 0 saturated heterocycles. The van der Waals surface area contributed by atoms with Crippen molar-refractivity contribution in [2.24, 2.45) is 0 Å². The smallest absolute Gasteiger partial charge is 0.123 e. The Morgan fingerprint density at radius 1 is 1.42 bits per heavy atom. The Bertz CT molecular complexity index is 403. The van der Waals surface area contributed by atoms with Gasteiger partial charge in [0.2, 0.25) is 0 Å². The van der Waals surface area contributed by atoms with E-state index in [2.05, 4.69) is 11.2 Å². The van der Waals surface area contributed by atoms with E-state index in [9.17, 15) is 0 Å². The van der Waals surface area contributed by atoms with E-state index in [0.29, 0.717) is 0 Å². The Hall–Kier alpha value is -1.44. The average molecular weight is 160 g/mol. The van der Waals surface area contributed by atoms with Gasteiger partial charge in [0.25, 0.3) is 0 Å². The first-order valence-corrected chi connectivity index (χ1v) is 3.85. The molecule has 2 nitrogen and oxygen atoms in total. The Labute approximate surface area is 71.2 Å². The molecule has 2 aromatic rings. The van der Waals surface area contributed by atoms with Crippen LogP contribution in [0.3, 0.4) is 0 Å². The Morgan fingerprint density at radius 3 is 3.00 bits per heavy atom. The molecule has 0 fully saturated rings. The lowest BCUT2D eigenvalue weighted by Gasteiger charge is -2.04. The number of H-pyrrole nitrogens is 1. The molecule has 1 radical (unpaired) electrons. The topological polar surface area (TPSA) is 25.0 Å². The number of hydrogen-bond acceptors (Lipinski definition) is 1. The highest BCUT2D eigenvalue weighted by Gasteiger charge is 2.03. The van der Waals surface area contributed by atoms with Gasteiger partial charge in [-0.15, -0.1) is 0 Å². The van der Waals surface area contributed by atoms with Crippen molar-refractivity contribution in [3.63, 3.8) is 0 Å². The summed E-state index contributed by atoms with van der Waals surface area (Å²) < 4.78 is 5.19. The van der Waals surface area contributed by atoms with E-state index in [1.54, 1.807) is 7.11 Å². The summed E-state index contributed by atoms with van der Waals surface area (Å²) >= 11 is 0. The predicted molar refractivity (Wildman–Crippen MR) is 48.4 cm³/mol. The number of aromatic nitrogens is 1. The van der Waals surface area contributed by atoms with Gasteiger partial charge >= 0.3 is 0 Å². The van der Waals surface area contributed by atoms with E-state index in [0.717, 1.165) is 16.8 Å². The van der Waals surface area contributed by atoms with Gasteiger partial charge in [0.05, 0.1) is 18.8 Å². The van der Waals surface area contributed by atoms with Crippen LogP contribution in [0.25, 0.3) is 10.9 Å². The molecule has 12 heavy (non-hydrogen) atoms. The summed E-state index contributed by atoms with van der Waals surface area (Å²) in [6.45, 7) is 2.03. The molecule has 61 valence electrons. The summed E-state index contributed by atoms with van der Waals surface area (Å²) in [6.07, 6.45) is 2.95. The van der Waals surface area contributed by atoms with Crippen molar-refractivity contribution >= 4 is 10.9 Å². The molecular formula is C10H10NO. The minimum Gasteiger partial charge on any atom is -0.496 e. The maximum Gasteiger partial charge on any atom is 0.123 e. The summed E-state index contributed by atoms with van der Waals surface area (Å²) in [6, 6.07) is 5.93. The Morgan fingerprint density at radius 2 is 2.25 bits per heavy atom. The molecule has 0 saturated carbocycles. The third-order valence-electron chi connectivity index (χ3n) is 2.09. The largest absolute Gasteiger partial charge is 0.496 e. The maximum absolute atomic E-state index is 5.19. The molecule has 1 aromatic carbocycles. The SMILES string of the molecule is COc1ccc2c[c][nH]c2c1C. The van der Waals surface area contributed by atoms with Gasteiger partial charge in [-0.1, -0.05) is 0 Å².